The van der Waals surface area contributed by atoms with Crippen molar-refractivity contribution in [2.75, 3.05) is 32.1 Å². The smallest absolute Gasteiger partial charge is 0.190 e. The van der Waals surface area contributed by atoms with Crippen LogP contribution in [0.5, 0.6) is 0 Å². The molecule has 0 unspecified atom stereocenters. The lowest BCUT2D eigenvalue weighted by molar-refractivity contribution is 0.549. The van der Waals surface area contributed by atoms with Crippen molar-refractivity contribution < 1.29 is 0 Å². The molecule has 0 aliphatic carbocycles. The van der Waals surface area contributed by atoms with Gasteiger partial charge in [-0.15, -0.1) is 0 Å². The predicted molar refractivity (Wildman–Crippen MR) is 76.4 cm³/mol. The lowest BCUT2D eigenvalue weighted by atomic mass is 10.1. The lowest BCUT2D eigenvalue weighted by Gasteiger charge is -2.12. The summed E-state index contributed by atoms with van der Waals surface area (Å²) in [6.07, 6.45) is 5.81. The Balaban J connectivity index is 3.45. The number of aliphatic imine (C=N–C) groups is 1. The van der Waals surface area contributed by atoms with Crippen molar-refractivity contribution in [3.63, 3.8) is 0 Å². The number of hydrogen-bond acceptors (Lipinski definition) is 2. The van der Waals surface area contributed by atoms with E-state index >= 15 is 0 Å². The Bertz CT molecular complexity index is 181. The fourth-order valence-corrected chi connectivity index (χ4v) is 1.79. The molecule has 0 aliphatic heterocycles. The van der Waals surface area contributed by atoms with Crippen molar-refractivity contribution in [2.24, 2.45) is 10.9 Å². The van der Waals surface area contributed by atoms with Gasteiger partial charge in [-0.2, -0.15) is 11.8 Å². The van der Waals surface area contributed by atoms with E-state index in [0.29, 0.717) is 0 Å². The van der Waals surface area contributed by atoms with Gasteiger partial charge in [-0.1, -0.05) is 13.8 Å². The average Bonchev–Trinajstić information content (AvgIpc) is 2.26. The van der Waals surface area contributed by atoms with Gasteiger partial charge in [0.05, 0.1) is 0 Å². The summed E-state index contributed by atoms with van der Waals surface area (Å²) in [4.78, 5) is 4.19. The van der Waals surface area contributed by atoms with E-state index in [9.17, 15) is 0 Å². The average molecular weight is 245 g/mol. The molecule has 0 spiro atoms. The summed E-state index contributed by atoms with van der Waals surface area (Å²) in [5, 5.41) is 6.65. The van der Waals surface area contributed by atoms with E-state index in [1.54, 1.807) is 0 Å². The Hall–Kier alpha value is -0.380. The zero-order chi connectivity index (χ0) is 12.2. The highest BCUT2D eigenvalue weighted by Crippen LogP contribution is 2.01. The Morgan fingerprint density at radius 3 is 2.31 bits per heavy atom. The monoisotopic (exact) mass is 245 g/mol. The summed E-state index contributed by atoms with van der Waals surface area (Å²) in [5.41, 5.74) is 0. The molecule has 0 saturated carbocycles. The van der Waals surface area contributed by atoms with Crippen LogP contribution in [0, 0.1) is 5.92 Å². The van der Waals surface area contributed by atoms with Crippen LogP contribution in [-0.4, -0.2) is 38.1 Å². The highest BCUT2D eigenvalue weighted by atomic mass is 32.2. The number of thioether (sulfide) groups is 1. The minimum absolute atomic E-state index is 0.790. The molecule has 0 fully saturated rings. The minimum Gasteiger partial charge on any atom is -0.356 e. The summed E-state index contributed by atoms with van der Waals surface area (Å²) in [6.45, 7) is 6.54. The molecule has 0 radical (unpaired) electrons. The summed E-state index contributed by atoms with van der Waals surface area (Å²) >= 11 is 1.89. The van der Waals surface area contributed by atoms with Crippen molar-refractivity contribution in [1.82, 2.24) is 10.6 Å². The zero-order valence-electron chi connectivity index (χ0n) is 11.2. The number of nitrogens with zero attached hydrogens (tertiary/aromatic N) is 1. The molecule has 4 heteroatoms. The molecule has 0 aliphatic rings. The highest BCUT2D eigenvalue weighted by Gasteiger charge is 1.97. The largest absolute Gasteiger partial charge is 0.356 e. The van der Waals surface area contributed by atoms with Gasteiger partial charge in [0.15, 0.2) is 5.96 Å². The van der Waals surface area contributed by atoms with Crippen LogP contribution in [-0.2, 0) is 0 Å². The first-order valence-electron chi connectivity index (χ1n) is 6.14. The molecule has 0 atom stereocenters. The van der Waals surface area contributed by atoms with Gasteiger partial charge in [0.25, 0.3) is 0 Å². The molecule has 96 valence electrons. The Morgan fingerprint density at radius 1 is 1.19 bits per heavy atom. The molecule has 0 aromatic heterocycles. The Morgan fingerprint density at radius 2 is 1.81 bits per heavy atom. The van der Waals surface area contributed by atoms with Crippen LogP contribution in [0.4, 0.5) is 0 Å². The number of hydrogen-bond donors (Lipinski definition) is 2. The molecule has 0 bridgehead atoms. The van der Waals surface area contributed by atoms with E-state index in [1.807, 2.05) is 18.8 Å². The summed E-state index contributed by atoms with van der Waals surface area (Å²) in [5.74, 6) is 2.93. The standard InChI is InChI=1S/C12H27N3S/c1-11(2)7-5-8-14-12(13-3)15-9-6-10-16-4/h11H,5-10H2,1-4H3,(H2,13,14,15). The summed E-state index contributed by atoms with van der Waals surface area (Å²) in [6, 6.07) is 0. The lowest BCUT2D eigenvalue weighted by Crippen LogP contribution is -2.38. The van der Waals surface area contributed by atoms with Crippen molar-refractivity contribution in [1.29, 1.82) is 0 Å². The summed E-state index contributed by atoms with van der Waals surface area (Å²) < 4.78 is 0. The molecule has 0 heterocycles. The van der Waals surface area contributed by atoms with Gasteiger partial charge in [-0.25, -0.2) is 0 Å². The van der Waals surface area contributed by atoms with Crippen LogP contribution in [0.15, 0.2) is 4.99 Å². The fourth-order valence-electron chi connectivity index (χ4n) is 1.36. The molecule has 0 amide bonds. The number of rotatable bonds is 8. The minimum atomic E-state index is 0.790. The molecule has 2 N–H and O–H groups in total. The van der Waals surface area contributed by atoms with Gasteiger partial charge >= 0.3 is 0 Å². The second kappa shape index (κ2) is 11.1. The van der Waals surface area contributed by atoms with Crippen molar-refractivity contribution >= 4 is 17.7 Å². The van der Waals surface area contributed by atoms with E-state index < -0.39 is 0 Å². The van der Waals surface area contributed by atoms with E-state index in [2.05, 4.69) is 35.7 Å². The molecular formula is C12H27N3S. The van der Waals surface area contributed by atoms with Crippen LogP contribution < -0.4 is 10.6 Å². The van der Waals surface area contributed by atoms with Gasteiger partial charge in [0, 0.05) is 20.1 Å². The zero-order valence-corrected chi connectivity index (χ0v) is 12.0. The van der Waals surface area contributed by atoms with Crippen LogP contribution in [0.1, 0.15) is 33.1 Å². The number of nitrogens with one attached hydrogen (secondary N) is 2. The van der Waals surface area contributed by atoms with Crippen molar-refractivity contribution in [3.05, 3.63) is 0 Å². The Labute approximate surface area is 105 Å². The van der Waals surface area contributed by atoms with E-state index in [1.165, 1.54) is 25.0 Å². The predicted octanol–water partition coefficient (Wildman–Crippen LogP) is 2.34. The molecule has 3 nitrogen and oxygen atoms in total. The molecule has 0 aromatic rings. The van der Waals surface area contributed by atoms with Crippen LogP contribution in [0.3, 0.4) is 0 Å². The third-order valence-corrected chi connectivity index (χ3v) is 2.99. The van der Waals surface area contributed by atoms with Gasteiger partial charge in [0.1, 0.15) is 0 Å². The van der Waals surface area contributed by atoms with E-state index in [-0.39, 0.29) is 0 Å². The second-order valence-electron chi connectivity index (χ2n) is 4.31. The first-order chi connectivity index (χ1) is 7.70. The topological polar surface area (TPSA) is 36.4 Å². The summed E-state index contributed by atoms with van der Waals surface area (Å²) in [7, 11) is 1.83. The van der Waals surface area contributed by atoms with Crippen LogP contribution >= 0.6 is 11.8 Å². The third-order valence-electron chi connectivity index (χ3n) is 2.29. The Kier molecular flexibility index (Phi) is 10.9. The first kappa shape index (κ1) is 15.6. The van der Waals surface area contributed by atoms with E-state index in [4.69, 9.17) is 0 Å². The molecule has 16 heavy (non-hydrogen) atoms. The quantitative estimate of drug-likeness (QED) is 0.391. The number of guanidine groups is 1. The SMILES string of the molecule is CN=C(NCCCSC)NCCCC(C)C. The van der Waals surface area contributed by atoms with Crippen molar-refractivity contribution in [2.45, 2.75) is 33.1 Å². The first-order valence-corrected chi connectivity index (χ1v) is 7.53. The fraction of sp³-hybridized carbons (Fsp3) is 0.917. The molecule has 0 rings (SSSR count). The van der Waals surface area contributed by atoms with Crippen LogP contribution in [0.2, 0.25) is 0 Å². The van der Waals surface area contributed by atoms with Gasteiger partial charge < -0.3 is 10.6 Å². The van der Waals surface area contributed by atoms with Gasteiger partial charge in [-0.05, 0) is 37.2 Å². The maximum atomic E-state index is 4.19. The van der Waals surface area contributed by atoms with Crippen molar-refractivity contribution in [3.8, 4) is 0 Å². The van der Waals surface area contributed by atoms with E-state index in [0.717, 1.165) is 25.0 Å². The van der Waals surface area contributed by atoms with Gasteiger partial charge in [-0.3, -0.25) is 4.99 Å². The maximum absolute atomic E-state index is 4.19. The molecular weight excluding hydrogens is 218 g/mol. The van der Waals surface area contributed by atoms with Gasteiger partial charge in [0.2, 0.25) is 0 Å². The highest BCUT2D eigenvalue weighted by molar-refractivity contribution is 7.98. The third kappa shape index (κ3) is 10.1. The second-order valence-corrected chi connectivity index (χ2v) is 5.29. The normalized spacial score (nSPS) is 11.9. The molecule has 0 saturated heterocycles. The van der Waals surface area contributed by atoms with Crippen LogP contribution in [0.25, 0.3) is 0 Å². The molecule has 0 aromatic carbocycles. The maximum Gasteiger partial charge on any atom is 0.190 e.